The molecule has 6 nitrogen and oxygen atoms in total. The lowest BCUT2D eigenvalue weighted by atomic mass is 10.0. The Kier molecular flexibility index (Phi) is 4.70. The summed E-state index contributed by atoms with van der Waals surface area (Å²) in [4.78, 5) is 27.2. The number of esters is 1. The first kappa shape index (κ1) is 18.4. The minimum atomic E-state index is -2.65. The summed E-state index contributed by atoms with van der Waals surface area (Å²) in [6.07, 6.45) is 3.45. The molecule has 1 aromatic heterocycles. The van der Waals surface area contributed by atoms with E-state index in [1.165, 1.54) is 32.2 Å². The SMILES string of the molecule is COC(=O)c1cn(C2(C(F)F)CC2)c(=O)cc1NC1CCN(C2CC2)CC1. The quantitative estimate of drug-likeness (QED) is 0.767. The number of carbonyl (C=O) groups is 1. The molecule has 1 aromatic rings. The minimum Gasteiger partial charge on any atom is -0.465 e. The van der Waals surface area contributed by atoms with Gasteiger partial charge in [0.1, 0.15) is 5.54 Å². The fourth-order valence-electron chi connectivity index (χ4n) is 4.03. The zero-order valence-corrected chi connectivity index (χ0v) is 15.4. The molecule has 0 unspecified atom stereocenters. The van der Waals surface area contributed by atoms with Gasteiger partial charge in [0.15, 0.2) is 0 Å². The molecule has 4 rings (SSSR count). The van der Waals surface area contributed by atoms with E-state index in [1.54, 1.807) is 0 Å². The van der Waals surface area contributed by atoms with Gasteiger partial charge in [-0.3, -0.25) is 4.79 Å². The van der Waals surface area contributed by atoms with Gasteiger partial charge in [-0.2, -0.15) is 0 Å². The highest BCUT2D eigenvalue weighted by Crippen LogP contribution is 2.48. The van der Waals surface area contributed by atoms with Crippen molar-refractivity contribution >= 4 is 11.7 Å². The molecule has 1 aliphatic heterocycles. The third-order valence-electron chi connectivity index (χ3n) is 6.06. The van der Waals surface area contributed by atoms with E-state index in [9.17, 15) is 18.4 Å². The number of halogens is 2. The van der Waals surface area contributed by atoms with Gasteiger partial charge in [-0.15, -0.1) is 0 Å². The summed E-state index contributed by atoms with van der Waals surface area (Å²) in [5.74, 6) is -0.633. The molecule has 3 aliphatic rings. The third kappa shape index (κ3) is 3.47. The van der Waals surface area contributed by atoms with Crippen LogP contribution in [-0.4, -0.2) is 54.1 Å². The number of alkyl halides is 2. The Morgan fingerprint density at radius 3 is 2.44 bits per heavy atom. The summed E-state index contributed by atoms with van der Waals surface area (Å²) < 4.78 is 32.7. The van der Waals surface area contributed by atoms with E-state index in [4.69, 9.17) is 4.74 Å². The highest BCUT2D eigenvalue weighted by molar-refractivity contribution is 5.95. The number of ether oxygens (including phenoxy) is 1. The van der Waals surface area contributed by atoms with Crippen molar-refractivity contribution in [1.29, 1.82) is 0 Å². The van der Waals surface area contributed by atoms with E-state index < -0.39 is 23.5 Å². The molecule has 8 heteroatoms. The van der Waals surface area contributed by atoms with Crippen molar-refractivity contribution in [2.45, 2.75) is 62.6 Å². The number of piperidine rings is 1. The van der Waals surface area contributed by atoms with Crippen LogP contribution in [-0.2, 0) is 10.3 Å². The lowest BCUT2D eigenvalue weighted by molar-refractivity contribution is 0.0580. The lowest BCUT2D eigenvalue weighted by Gasteiger charge is -2.33. The van der Waals surface area contributed by atoms with Crippen molar-refractivity contribution in [3.8, 4) is 0 Å². The van der Waals surface area contributed by atoms with Crippen molar-refractivity contribution in [2.75, 3.05) is 25.5 Å². The summed E-state index contributed by atoms with van der Waals surface area (Å²) >= 11 is 0. The molecule has 0 amide bonds. The molecule has 0 spiro atoms. The normalized spacial score (nSPS) is 22.7. The summed E-state index contributed by atoms with van der Waals surface area (Å²) in [5.41, 5.74) is -1.49. The maximum atomic E-state index is 13.4. The van der Waals surface area contributed by atoms with Crippen LogP contribution >= 0.6 is 0 Å². The first-order valence-electron chi connectivity index (χ1n) is 9.59. The zero-order chi connectivity index (χ0) is 19.2. The van der Waals surface area contributed by atoms with Gasteiger partial charge in [-0.1, -0.05) is 0 Å². The summed E-state index contributed by atoms with van der Waals surface area (Å²) in [6.45, 7) is 1.98. The molecule has 2 saturated carbocycles. The molecular weight excluding hydrogens is 356 g/mol. The van der Waals surface area contributed by atoms with E-state index in [0.29, 0.717) is 5.69 Å². The predicted molar refractivity (Wildman–Crippen MR) is 96.5 cm³/mol. The number of rotatable bonds is 6. The van der Waals surface area contributed by atoms with Crippen LogP contribution in [0.5, 0.6) is 0 Å². The van der Waals surface area contributed by atoms with Gasteiger partial charge in [0, 0.05) is 37.4 Å². The van der Waals surface area contributed by atoms with Gasteiger partial charge in [0.25, 0.3) is 12.0 Å². The van der Waals surface area contributed by atoms with E-state index in [0.717, 1.165) is 36.5 Å². The second kappa shape index (κ2) is 6.89. The largest absolute Gasteiger partial charge is 0.465 e. The molecule has 0 aromatic carbocycles. The Morgan fingerprint density at radius 2 is 1.93 bits per heavy atom. The smallest absolute Gasteiger partial charge is 0.341 e. The van der Waals surface area contributed by atoms with Crippen LogP contribution in [0.1, 0.15) is 48.9 Å². The Morgan fingerprint density at radius 1 is 1.26 bits per heavy atom. The van der Waals surface area contributed by atoms with Crippen LogP contribution in [0.2, 0.25) is 0 Å². The highest BCUT2D eigenvalue weighted by atomic mass is 19.3. The fourth-order valence-corrected chi connectivity index (χ4v) is 4.03. The van der Waals surface area contributed by atoms with Gasteiger partial charge < -0.3 is 19.5 Å². The van der Waals surface area contributed by atoms with Gasteiger partial charge >= 0.3 is 5.97 Å². The number of hydrogen-bond acceptors (Lipinski definition) is 5. The molecule has 27 heavy (non-hydrogen) atoms. The number of hydrogen-bond donors (Lipinski definition) is 1. The van der Waals surface area contributed by atoms with Crippen LogP contribution in [0.25, 0.3) is 0 Å². The molecule has 0 bridgehead atoms. The Hall–Kier alpha value is -1.96. The van der Waals surface area contributed by atoms with Gasteiger partial charge in [-0.05, 0) is 38.5 Å². The molecule has 148 valence electrons. The maximum Gasteiger partial charge on any atom is 0.341 e. The Bertz CT molecular complexity index is 779. The van der Waals surface area contributed by atoms with Gasteiger partial charge in [0.2, 0.25) is 0 Å². The van der Waals surface area contributed by atoms with Crippen molar-refractivity contribution in [3.05, 3.63) is 28.2 Å². The van der Waals surface area contributed by atoms with Crippen LogP contribution in [0.15, 0.2) is 17.1 Å². The average molecular weight is 381 g/mol. The summed E-state index contributed by atoms with van der Waals surface area (Å²) in [5, 5.41) is 3.29. The first-order valence-corrected chi connectivity index (χ1v) is 9.59. The Labute approximate surface area is 156 Å². The lowest BCUT2D eigenvalue weighted by Crippen LogP contribution is -2.41. The molecule has 2 heterocycles. The number of pyridine rings is 1. The van der Waals surface area contributed by atoms with Crippen LogP contribution in [0.4, 0.5) is 14.5 Å². The second-order valence-electron chi connectivity index (χ2n) is 7.89. The monoisotopic (exact) mass is 381 g/mol. The molecule has 3 fully saturated rings. The standard InChI is InChI=1S/C19H25F2N3O3/c1-27-17(26)14-11-24(19(6-7-19)18(20)21)16(25)10-15(14)22-12-4-8-23(9-5-12)13-2-3-13/h10-13,18,22H,2-9H2,1H3. The van der Waals surface area contributed by atoms with E-state index in [2.05, 4.69) is 10.2 Å². The molecule has 0 atom stereocenters. The van der Waals surface area contributed by atoms with E-state index in [1.807, 2.05) is 0 Å². The van der Waals surface area contributed by atoms with Crippen LogP contribution in [0, 0.1) is 0 Å². The number of anilines is 1. The Balaban J connectivity index is 1.57. The zero-order valence-electron chi connectivity index (χ0n) is 15.4. The van der Waals surface area contributed by atoms with E-state index >= 15 is 0 Å². The predicted octanol–water partition coefficient (Wildman–Crippen LogP) is 2.43. The molecule has 0 radical (unpaired) electrons. The topological polar surface area (TPSA) is 63.6 Å². The number of aromatic nitrogens is 1. The maximum absolute atomic E-state index is 13.4. The average Bonchev–Trinajstić information content (AvgIpc) is 3.55. The number of carbonyl (C=O) groups excluding carboxylic acids is 1. The molecular formula is C19H25F2N3O3. The summed E-state index contributed by atoms with van der Waals surface area (Å²) in [7, 11) is 1.25. The fraction of sp³-hybridized carbons (Fsp3) is 0.684. The third-order valence-corrected chi connectivity index (χ3v) is 6.06. The molecule has 1 N–H and O–H groups in total. The van der Waals surface area contributed by atoms with Crippen LogP contribution < -0.4 is 10.9 Å². The highest BCUT2D eigenvalue weighted by Gasteiger charge is 2.53. The van der Waals surface area contributed by atoms with Crippen LogP contribution in [0.3, 0.4) is 0 Å². The first-order chi connectivity index (χ1) is 12.9. The summed E-state index contributed by atoms with van der Waals surface area (Å²) in [6, 6.07) is 2.13. The molecule has 1 saturated heterocycles. The van der Waals surface area contributed by atoms with Crippen molar-refractivity contribution in [1.82, 2.24) is 9.47 Å². The second-order valence-corrected chi connectivity index (χ2v) is 7.89. The van der Waals surface area contributed by atoms with Crippen molar-refractivity contribution in [3.63, 3.8) is 0 Å². The van der Waals surface area contributed by atoms with Gasteiger partial charge in [0.05, 0.1) is 18.4 Å². The van der Waals surface area contributed by atoms with Crippen molar-refractivity contribution in [2.24, 2.45) is 0 Å². The molecule has 2 aliphatic carbocycles. The van der Waals surface area contributed by atoms with Crippen molar-refractivity contribution < 1.29 is 18.3 Å². The van der Waals surface area contributed by atoms with Gasteiger partial charge in [-0.25, -0.2) is 13.6 Å². The number of likely N-dealkylation sites (tertiary alicyclic amines) is 1. The van der Waals surface area contributed by atoms with E-state index in [-0.39, 0.29) is 24.4 Å². The number of methoxy groups -OCH3 is 1. The number of nitrogens with one attached hydrogen (secondary N) is 1. The minimum absolute atomic E-state index is 0.133. The number of nitrogens with zero attached hydrogens (tertiary/aromatic N) is 2.